The Morgan fingerprint density at radius 2 is 2.13 bits per heavy atom. The van der Waals surface area contributed by atoms with Crippen LogP contribution >= 0.6 is 0 Å². The van der Waals surface area contributed by atoms with Gasteiger partial charge in [0.15, 0.2) is 0 Å². The highest BCUT2D eigenvalue weighted by molar-refractivity contribution is 7.89. The highest BCUT2D eigenvalue weighted by Crippen LogP contribution is 2.39. The molecule has 2 aliphatic rings. The molecular weight excluding hydrogens is 319 g/mol. The average molecular weight is 340 g/mol. The van der Waals surface area contributed by atoms with E-state index in [0.29, 0.717) is 25.4 Å². The molecule has 1 aromatic rings. The number of sulfonamides is 1. The molecule has 7 heteroatoms. The van der Waals surface area contributed by atoms with Crippen molar-refractivity contribution in [3.8, 4) is 0 Å². The molecule has 0 bridgehead atoms. The minimum Gasteiger partial charge on any atom is -0.341 e. The minimum atomic E-state index is -3.77. The molecule has 3 rings (SSSR count). The van der Waals surface area contributed by atoms with Gasteiger partial charge in [0.2, 0.25) is 15.9 Å². The molecule has 1 saturated carbocycles. The van der Waals surface area contributed by atoms with Gasteiger partial charge in [-0.3, -0.25) is 4.79 Å². The average Bonchev–Trinajstić information content (AvgIpc) is 3.23. The summed E-state index contributed by atoms with van der Waals surface area (Å²) >= 11 is 0. The molecule has 126 valence electrons. The van der Waals surface area contributed by atoms with E-state index in [4.69, 9.17) is 0 Å². The number of carbonyl (C=O) groups is 1. The second kappa shape index (κ2) is 6.20. The second-order valence-corrected chi connectivity index (χ2v) is 8.24. The van der Waals surface area contributed by atoms with Gasteiger partial charge in [-0.05, 0) is 43.4 Å². The van der Waals surface area contributed by atoms with Gasteiger partial charge in [-0.25, -0.2) is 17.5 Å². The van der Waals surface area contributed by atoms with Gasteiger partial charge in [0.05, 0.1) is 4.90 Å². The third-order valence-corrected chi connectivity index (χ3v) is 6.11. The summed E-state index contributed by atoms with van der Waals surface area (Å²) in [6, 6.07) is 4.62. The normalized spacial score (nSPS) is 27.7. The van der Waals surface area contributed by atoms with Crippen LogP contribution in [-0.4, -0.2) is 38.4 Å². The number of nitrogens with one attached hydrogen (secondary N) is 1. The molecule has 1 N–H and O–H groups in total. The van der Waals surface area contributed by atoms with Crippen LogP contribution in [0.4, 0.5) is 4.39 Å². The molecule has 23 heavy (non-hydrogen) atoms. The Morgan fingerprint density at radius 3 is 2.78 bits per heavy atom. The predicted molar refractivity (Wildman–Crippen MR) is 83.6 cm³/mol. The number of amides is 1. The van der Waals surface area contributed by atoms with E-state index < -0.39 is 15.8 Å². The highest BCUT2D eigenvalue weighted by atomic mass is 32.2. The van der Waals surface area contributed by atoms with E-state index in [1.807, 2.05) is 0 Å². The third kappa shape index (κ3) is 3.72. The van der Waals surface area contributed by atoms with Crippen LogP contribution in [-0.2, 0) is 14.8 Å². The molecule has 1 aliphatic carbocycles. The molecule has 1 amide bonds. The van der Waals surface area contributed by atoms with Crippen molar-refractivity contribution in [1.29, 1.82) is 0 Å². The SMILES string of the molecule is C[C@@H]1C[C@H]1C(=O)N1CCC[C@@H](NS(=O)(=O)c2cccc(F)c2)C1. The highest BCUT2D eigenvalue weighted by Gasteiger charge is 2.42. The van der Waals surface area contributed by atoms with Crippen molar-refractivity contribution in [2.75, 3.05) is 13.1 Å². The van der Waals surface area contributed by atoms with Crippen LogP contribution in [0.25, 0.3) is 0 Å². The van der Waals surface area contributed by atoms with Crippen LogP contribution in [0.15, 0.2) is 29.2 Å². The molecule has 2 fully saturated rings. The quantitative estimate of drug-likeness (QED) is 0.908. The zero-order chi connectivity index (χ0) is 16.6. The first-order valence-electron chi connectivity index (χ1n) is 7.93. The van der Waals surface area contributed by atoms with Gasteiger partial charge in [-0.15, -0.1) is 0 Å². The third-order valence-electron chi connectivity index (χ3n) is 4.59. The van der Waals surface area contributed by atoms with Gasteiger partial charge >= 0.3 is 0 Å². The second-order valence-electron chi connectivity index (χ2n) is 6.52. The number of benzene rings is 1. The molecule has 5 nitrogen and oxygen atoms in total. The molecule has 3 atom stereocenters. The van der Waals surface area contributed by atoms with Gasteiger partial charge < -0.3 is 4.90 Å². The van der Waals surface area contributed by atoms with E-state index in [0.717, 1.165) is 18.9 Å². The van der Waals surface area contributed by atoms with E-state index in [1.165, 1.54) is 18.2 Å². The Balaban J connectivity index is 1.66. The fourth-order valence-corrected chi connectivity index (χ4v) is 4.39. The van der Waals surface area contributed by atoms with Crippen molar-refractivity contribution in [2.24, 2.45) is 11.8 Å². The molecule has 1 aromatic carbocycles. The van der Waals surface area contributed by atoms with E-state index in [-0.39, 0.29) is 22.8 Å². The maximum Gasteiger partial charge on any atom is 0.240 e. The van der Waals surface area contributed by atoms with E-state index in [1.54, 1.807) is 4.90 Å². The number of halogens is 1. The monoisotopic (exact) mass is 340 g/mol. The van der Waals surface area contributed by atoms with Crippen LogP contribution in [0.1, 0.15) is 26.2 Å². The summed E-state index contributed by atoms with van der Waals surface area (Å²) < 4.78 is 40.5. The van der Waals surface area contributed by atoms with Gasteiger partial charge in [0.1, 0.15) is 5.82 Å². The standard InChI is InChI=1S/C16H21FN2O3S/c1-11-8-15(11)16(20)19-7-3-5-13(10-19)18-23(21,22)14-6-2-4-12(17)9-14/h2,4,6,9,11,13,15,18H,3,5,7-8,10H2,1H3/t11-,13-,15-/m1/s1. The summed E-state index contributed by atoms with van der Waals surface area (Å²) in [7, 11) is -3.77. The Morgan fingerprint density at radius 1 is 1.39 bits per heavy atom. The summed E-state index contributed by atoms with van der Waals surface area (Å²) in [6.07, 6.45) is 2.37. The fourth-order valence-electron chi connectivity index (χ4n) is 3.10. The van der Waals surface area contributed by atoms with Crippen molar-refractivity contribution in [1.82, 2.24) is 9.62 Å². The Hall–Kier alpha value is -1.47. The van der Waals surface area contributed by atoms with Gasteiger partial charge in [-0.1, -0.05) is 13.0 Å². The van der Waals surface area contributed by atoms with Crippen LogP contribution in [0.2, 0.25) is 0 Å². The molecular formula is C16H21FN2O3S. The molecule has 0 spiro atoms. The smallest absolute Gasteiger partial charge is 0.240 e. The summed E-state index contributed by atoms with van der Waals surface area (Å²) in [6.45, 7) is 3.12. The van der Waals surface area contributed by atoms with Crippen LogP contribution in [0.5, 0.6) is 0 Å². The molecule has 0 aromatic heterocycles. The van der Waals surface area contributed by atoms with Gasteiger partial charge in [-0.2, -0.15) is 0 Å². The van der Waals surface area contributed by atoms with Gasteiger partial charge in [0.25, 0.3) is 0 Å². The number of hydrogen-bond donors (Lipinski definition) is 1. The summed E-state index contributed by atoms with van der Waals surface area (Å²) in [5, 5.41) is 0. The Kier molecular flexibility index (Phi) is 4.42. The lowest BCUT2D eigenvalue weighted by atomic mass is 10.1. The first-order valence-corrected chi connectivity index (χ1v) is 9.42. The summed E-state index contributed by atoms with van der Waals surface area (Å²) in [4.78, 5) is 14.0. The van der Waals surface area contributed by atoms with Crippen molar-refractivity contribution in [2.45, 2.75) is 37.1 Å². The molecule has 1 saturated heterocycles. The number of nitrogens with zero attached hydrogens (tertiary/aromatic N) is 1. The van der Waals surface area contributed by atoms with E-state index >= 15 is 0 Å². The number of likely N-dealkylation sites (tertiary alicyclic amines) is 1. The summed E-state index contributed by atoms with van der Waals surface area (Å²) in [5.74, 6) is 0.0867. The van der Waals surface area contributed by atoms with E-state index in [9.17, 15) is 17.6 Å². The first kappa shape index (κ1) is 16.4. The van der Waals surface area contributed by atoms with Crippen molar-refractivity contribution < 1.29 is 17.6 Å². The predicted octanol–water partition coefficient (Wildman–Crippen LogP) is 1.75. The fraction of sp³-hybridized carbons (Fsp3) is 0.562. The number of piperidine rings is 1. The summed E-state index contributed by atoms with van der Waals surface area (Å²) in [5.41, 5.74) is 0. The Bertz CT molecular complexity index is 707. The van der Waals surface area contributed by atoms with Crippen LogP contribution in [0.3, 0.4) is 0 Å². The van der Waals surface area contributed by atoms with Crippen molar-refractivity contribution in [3.05, 3.63) is 30.1 Å². The number of carbonyl (C=O) groups excluding carboxylic acids is 1. The molecule has 1 heterocycles. The maximum atomic E-state index is 13.2. The minimum absolute atomic E-state index is 0.0863. The number of rotatable bonds is 4. The zero-order valence-electron chi connectivity index (χ0n) is 13.0. The topological polar surface area (TPSA) is 66.5 Å². The molecule has 0 radical (unpaired) electrons. The lowest BCUT2D eigenvalue weighted by Gasteiger charge is -2.33. The first-order chi connectivity index (χ1) is 10.9. The van der Waals surface area contributed by atoms with Crippen LogP contribution < -0.4 is 4.72 Å². The lowest BCUT2D eigenvalue weighted by Crippen LogP contribution is -2.50. The molecule has 1 aliphatic heterocycles. The number of hydrogen-bond acceptors (Lipinski definition) is 3. The lowest BCUT2D eigenvalue weighted by molar-refractivity contribution is -0.134. The van der Waals surface area contributed by atoms with Crippen molar-refractivity contribution in [3.63, 3.8) is 0 Å². The zero-order valence-corrected chi connectivity index (χ0v) is 13.9. The van der Waals surface area contributed by atoms with Crippen molar-refractivity contribution >= 4 is 15.9 Å². The van der Waals surface area contributed by atoms with E-state index in [2.05, 4.69) is 11.6 Å². The largest absolute Gasteiger partial charge is 0.341 e. The molecule has 0 unspecified atom stereocenters. The van der Waals surface area contributed by atoms with Gasteiger partial charge in [0, 0.05) is 25.0 Å². The maximum absolute atomic E-state index is 13.2. The Labute approximate surface area is 135 Å². The van der Waals surface area contributed by atoms with Crippen LogP contribution in [0, 0.1) is 17.7 Å².